The molecule has 0 saturated carbocycles. The van der Waals surface area contributed by atoms with Crippen LogP contribution in [0, 0.1) is 13.8 Å². The van der Waals surface area contributed by atoms with Crippen LogP contribution in [0.3, 0.4) is 0 Å². The highest BCUT2D eigenvalue weighted by Crippen LogP contribution is 2.32. The Bertz CT molecular complexity index is 764. The Morgan fingerprint density at radius 3 is 2.43 bits per heavy atom. The number of nitrogens with zero attached hydrogens (tertiary/aromatic N) is 1. The van der Waals surface area contributed by atoms with Crippen LogP contribution < -0.4 is 19.7 Å². The summed E-state index contributed by atoms with van der Waals surface area (Å²) in [6.45, 7) is 4.10. The summed E-state index contributed by atoms with van der Waals surface area (Å²) in [6.07, 6.45) is 0.227. The first-order chi connectivity index (χ1) is 11.0. The lowest BCUT2D eigenvalue weighted by molar-refractivity contribution is -0.116. The molecule has 0 saturated heterocycles. The Balaban J connectivity index is 2.07. The van der Waals surface area contributed by atoms with Crippen LogP contribution in [0.25, 0.3) is 0 Å². The lowest BCUT2D eigenvalue weighted by Gasteiger charge is -2.13. The number of aromatic nitrogens is 1. The highest BCUT2D eigenvalue weighted by molar-refractivity contribution is 7.07. The van der Waals surface area contributed by atoms with Crippen molar-refractivity contribution in [2.24, 2.45) is 0 Å². The van der Waals surface area contributed by atoms with Crippen molar-refractivity contribution in [1.82, 2.24) is 4.57 Å². The van der Waals surface area contributed by atoms with Gasteiger partial charge in [-0.05, 0) is 25.5 Å². The van der Waals surface area contributed by atoms with Crippen molar-refractivity contribution < 1.29 is 14.3 Å². The zero-order chi connectivity index (χ0) is 17.0. The summed E-state index contributed by atoms with van der Waals surface area (Å²) < 4.78 is 12.1. The van der Waals surface area contributed by atoms with E-state index in [1.807, 2.05) is 19.9 Å². The summed E-state index contributed by atoms with van der Waals surface area (Å²) in [5.41, 5.74) is 2.41. The molecule has 0 spiro atoms. The fraction of sp³-hybridized carbons (Fsp3) is 0.375. The summed E-state index contributed by atoms with van der Waals surface area (Å²) in [7, 11) is 3.11. The zero-order valence-electron chi connectivity index (χ0n) is 13.6. The molecule has 23 heavy (non-hydrogen) atoms. The van der Waals surface area contributed by atoms with E-state index < -0.39 is 0 Å². The van der Waals surface area contributed by atoms with E-state index in [0.29, 0.717) is 23.7 Å². The average molecular weight is 336 g/mol. The van der Waals surface area contributed by atoms with Crippen LogP contribution in [-0.4, -0.2) is 24.7 Å². The first-order valence-corrected chi connectivity index (χ1v) is 8.01. The second kappa shape index (κ2) is 7.32. The fourth-order valence-electron chi connectivity index (χ4n) is 2.22. The van der Waals surface area contributed by atoms with Gasteiger partial charge >= 0.3 is 4.87 Å². The van der Waals surface area contributed by atoms with Gasteiger partial charge in [0.2, 0.25) is 5.91 Å². The summed E-state index contributed by atoms with van der Waals surface area (Å²) in [5.74, 6) is 1.01. The average Bonchev–Trinajstić information content (AvgIpc) is 2.85. The summed E-state index contributed by atoms with van der Waals surface area (Å²) >= 11 is 1.14. The molecule has 2 aromatic rings. The van der Waals surface area contributed by atoms with Crippen molar-refractivity contribution in [2.75, 3.05) is 19.5 Å². The largest absolute Gasteiger partial charge is 0.493 e. The van der Waals surface area contributed by atoms with E-state index in [2.05, 4.69) is 5.32 Å². The lowest BCUT2D eigenvalue weighted by atomic mass is 10.1. The molecule has 1 amide bonds. The molecule has 0 bridgehead atoms. The second-order valence-electron chi connectivity index (χ2n) is 5.11. The number of anilines is 1. The maximum Gasteiger partial charge on any atom is 0.307 e. The van der Waals surface area contributed by atoms with Crippen LogP contribution in [-0.2, 0) is 11.3 Å². The molecule has 6 nitrogen and oxygen atoms in total. The van der Waals surface area contributed by atoms with Gasteiger partial charge in [-0.1, -0.05) is 11.3 Å². The molecule has 2 rings (SSSR count). The van der Waals surface area contributed by atoms with E-state index in [4.69, 9.17) is 9.47 Å². The molecule has 0 fully saturated rings. The minimum Gasteiger partial charge on any atom is -0.493 e. The smallest absolute Gasteiger partial charge is 0.307 e. The van der Waals surface area contributed by atoms with Gasteiger partial charge in [0.15, 0.2) is 11.5 Å². The van der Waals surface area contributed by atoms with Gasteiger partial charge in [-0.2, -0.15) is 0 Å². The van der Waals surface area contributed by atoms with Crippen LogP contribution in [0.15, 0.2) is 22.3 Å². The Hall–Kier alpha value is -2.28. The molecule has 1 N–H and O–H groups in total. The third-order valence-electron chi connectivity index (χ3n) is 3.54. The van der Waals surface area contributed by atoms with Gasteiger partial charge < -0.3 is 19.4 Å². The number of amides is 1. The third kappa shape index (κ3) is 3.92. The number of ether oxygens (including phenoxy) is 2. The van der Waals surface area contributed by atoms with Gasteiger partial charge in [-0.15, -0.1) is 0 Å². The van der Waals surface area contributed by atoms with Crippen molar-refractivity contribution in [3.8, 4) is 11.5 Å². The number of nitrogens with one attached hydrogen (secondary N) is 1. The fourth-order valence-corrected chi connectivity index (χ4v) is 2.98. The van der Waals surface area contributed by atoms with E-state index in [1.165, 1.54) is 0 Å². The van der Waals surface area contributed by atoms with Gasteiger partial charge in [-0.25, -0.2) is 0 Å². The number of carbonyl (C=O) groups is 1. The number of carbonyl (C=O) groups excluding carboxylic acids is 1. The highest BCUT2D eigenvalue weighted by Gasteiger charge is 2.12. The van der Waals surface area contributed by atoms with Crippen molar-refractivity contribution in [2.45, 2.75) is 26.8 Å². The molecule has 0 aliphatic carbocycles. The molecule has 1 heterocycles. The van der Waals surface area contributed by atoms with Gasteiger partial charge in [0.05, 0.1) is 14.2 Å². The van der Waals surface area contributed by atoms with Crippen LogP contribution in [0.4, 0.5) is 5.69 Å². The van der Waals surface area contributed by atoms with Crippen LogP contribution >= 0.6 is 11.3 Å². The van der Waals surface area contributed by atoms with Crippen molar-refractivity contribution in [3.05, 3.63) is 38.4 Å². The quantitative estimate of drug-likeness (QED) is 0.880. The van der Waals surface area contributed by atoms with Crippen LogP contribution in [0.1, 0.15) is 17.7 Å². The maximum absolute atomic E-state index is 12.1. The highest BCUT2D eigenvalue weighted by atomic mass is 32.1. The molecule has 7 heteroatoms. The molecule has 1 aromatic carbocycles. The molecule has 0 aliphatic rings. The first-order valence-electron chi connectivity index (χ1n) is 7.13. The molecule has 0 aliphatic heterocycles. The number of aryl methyl sites for hydroxylation is 2. The minimum atomic E-state index is -0.155. The molecule has 0 atom stereocenters. The Morgan fingerprint density at radius 2 is 1.87 bits per heavy atom. The maximum atomic E-state index is 12.1. The molecule has 0 radical (unpaired) electrons. The molecule has 124 valence electrons. The monoisotopic (exact) mass is 336 g/mol. The molecule has 0 unspecified atom stereocenters. The first kappa shape index (κ1) is 17.1. The van der Waals surface area contributed by atoms with Crippen LogP contribution in [0.2, 0.25) is 0 Å². The van der Waals surface area contributed by atoms with E-state index in [1.54, 1.807) is 30.2 Å². The number of rotatable bonds is 6. The van der Waals surface area contributed by atoms with Gasteiger partial charge in [-0.3, -0.25) is 9.59 Å². The third-order valence-corrected chi connectivity index (χ3v) is 4.42. The lowest BCUT2D eigenvalue weighted by Crippen LogP contribution is -2.20. The van der Waals surface area contributed by atoms with Gasteiger partial charge in [0, 0.05) is 35.8 Å². The number of thiazole rings is 1. The molecular formula is C16H20N2O4S. The second-order valence-corrected chi connectivity index (χ2v) is 5.94. The summed E-state index contributed by atoms with van der Waals surface area (Å²) in [4.78, 5) is 23.7. The predicted octanol–water partition coefficient (Wildman–Crippen LogP) is 2.57. The van der Waals surface area contributed by atoms with Crippen molar-refractivity contribution >= 4 is 22.9 Å². The van der Waals surface area contributed by atoms with Crippen molar-refractivity contribution in [1.29, 1.82) is 0 Å². The minimum absolute atomic E-state index is 0.0439. The van der Waals surface area contributed by atoms with Crippen molar-refractivity contribution in [3.63, 3.8) is 0 Å². The summed E-state index contributed by atoms with van der Waals surface area (Å²) in [6, 6.07) is 3.54. The summed E-state index contributed by atoms with van der Waals surface area (Å²) in [5, 5.41) is 4.64. The van der Waals surface area contributed by atoms with E-state index in [0.717, 1.165) is 22.6 Å². The van der Waals surface area contributed by atoms with Gasteiger partial charge in [0.25, 0.3) is 0 Å². The van der Waals surface area contributed by atoms with E-state index in [9.17, 15) is 9.59 Å². The number of hydrogen-bond acceptors (Lipinski definition) is 5. The Kier molecular flexibility index (Phi) is 5.44. The van der Waals surface area contributed by atoms with E-state index >= 15 is 0 Å². The standard InChI is InChI=1S/C16H20N2O4S/c1-10-7-13(21-3)14(22-4)8-12(10)17-15(19)5-6-18-11(2)9-23-16(18)20/h7-9H,5-6H2,1-4H3,(H,17,19). The Labute approximate surface area is 138 Å². The predicted molar refractivity (Wildman–Crippen MR) is 90.8 cm³/mol. The van der Waals surface area contributed by atoms with Gasteiger partial charge in [0.1, 0.15) is 0 Å². The normalized spacial score (nSPS) is 10.4. The molecule has 1 aromatic heterocycles. The molecular weight excluding hydrogens is 316 g/mol. The van der Waals surface area contributed by atoms with Crippen LogP contribution in [0.5, 0.6) is 11.5 Å². The number of benzene rings is 1. The Morgan fingerprint density at radius 1 is 1.22 bits per heavy atom. The number of hydrogen-bond donors (Lipinski definition) is 1. The SMILES string of the molecule is COc1cc(C)c(NC(=O)CCn2c(C)csc2=O)cc1OC. The number of methoxy groups -OCH3 is 2. The van der Waals surface area contributed by atoms with E-state index in [-0.39, 0.29) is 17.2 Å². The zero-order valence-corrected chi connectivity index (χ0v) is 14.5. The topological polar surface area (TPSA) is 69.6 Å².